The molecule has 1 heterocycles. The molecule has 0 saturated carbocycles. The molecule has 0 unspecified atom stereocenters. The summed E-state index contributed by atoms with van der Waals surface area (Å²) in [7, 11) is 9.79. The molecule has 0 radical (unpaired) electrons. The highest BCUT2D eigenvalue weighted by atomic mass is 16.5. The van der Waals surface area contributed by atoms with Crippen LogP contribution in [-0.4, -0.2) is 251 Å². The second-order valence-electron chi connectivity index (χ2n) is 27.3. The number of unbranched alkanes of at least 4 members (excludes halogenated alkanes) is 1. The van der Waals surface area contributed by atoms with Gasteiger partial charge in [0.15, 0.2) is 0 Å². The van der Waals surface area contributed by atoms with Crippen molar-refractivity contribution in [3.05, 3.63) is 0 Å². The monoisotopic (exact) mass is 1260 g/mol. The highest BCUT2D eigenvalue weighted by molar-refractivity contribution is 5.99. The largest absolute Gasteiger partial charge is 0.394 e. The van der Waals surface area contributed by atoms with E-state index in [0.29, 0.717) is 12.8 Å². The number of aliphatic hydroxyl groups excluding tert-OH is 2. The second-order valence-corrected chi connectivity index (χ2v) is 27.3. The zero-order valence-electron chi connectivity index (χ0n) is 58.5. The van der Waals surface area contributed by atoms with Gasteiger partial charge in [0.25, 0.3) is 0 Å². The summed E-state index contributed by atoms with van der Waals surface area (Å²) in [5.74, 6) is -10.0. The van der Waals surface area contributed by atoms with Crippen molar-refractivity contribution in [2.24, 2.45) is 35.5 Å². The minimum absolute atomic E-state index is 0.00461. The molecule has 0 aromatic rings. The van der Waals surface area contributed by atoms with Gasteiger partial charge in [0.2, 0.25) is 65.0 Å². The Kier molecular flexibility index (Phi) is 33.5. The summed E-state index contributed by atoms with van der Waals surface area (Å²) >= 11 is 0. The maximum atomic E-state index is 15.2. The van der Waals surface area contributed by atoms with Gasteiger partial charge in [-0.1, -0.05) is 103 Å². The number of ether oxygens (including phenoxy) is 1. The predicted octanol–water partition coefficient (Wildman–Crippen LogP) is 2.62. The number of hydrogen-bond donors (Lipinski definition) is 6. The van der Waals surface area contributed by atoms with Gasteiger partial charge >= 0.3 is 0 Å². The molecule has 0 aliphatic carbocycles. The van der Waals surface area contributed by atoms with Crippen LogP contribution < -0.4 is 21.3 Å². The molecule has 512 valence electrons. The van der Waals surface area contributed by atoms with Crippen molar-refractivity contribution in [1.29, 1.82) is 0 Å². The van der Waals surface area contributed by atoms with Crippen molar-refractivity contribution >= 4 is 65.0 Å². The minimum Gasteiger partial charge on any atom is -0.394 e. The first-order valence-electron chi connectivity index (χ1n) is 32.0. The Balaban J connectivity index is 4.40. The lowest BCUT2D eigenvalue weighted by atomic mass is 9.90. The van der Waals surface area contributed by atoms with Crippen LogP contribution in [0.15, 0.2) is 0 Å². The summed E-state index contributed by atoms with van der Waals surface area (Å²) in [6.45, 7) is 28.4. The third-order valence-electron chi connectivity index (χ3n) is 16.9. The number of carbonyl (C=O) groups excluding carboxylic acids is 11. The maximum Gasteiger partial charge on any atom is 0.246 e. The quantitative estimate of drug-likeness (QED) is 0.108. The fourth-order valence-corrected chi connectivity index (χ4v) is 11.3. The Hall–Kier alpha value is -5.95. The Morgan fingerprint density at radius 2 is 0.978 bits per heavy atom. The molecule has 0 spiro atoms. The van der Waals surface area contributed by atoms with E-state index in [-0.39, 0.29) is 63.1 Å². The third-order valence-corrected chi connectivity index (χ3v) is 16.9. The molecule has 1 aliphatic heterocycles. The average molecular weight is 1260 g/mol. The molecule has 0 aromatic carbocycles. The molecule has 6 N–H and O–H groups in total. The van der Waals surface area contributed by atoms with Crippen LogP contribution in [0.25, 0.3) is 0 Å². The van der Waals surface area contributed by atoms with Gasteiger partial charge < -0.3 is 70.5 Å². The fraction of sp³-hybridized carbons (Fsp3) is 0.828. The molecule has 89 heavy (non-hydrogen) atoms. The fourth-order valence-electron chi connectivity index (χ4n) is 11.3. The highest BCUT2D eigenvalue weighted by Gasteiger charge is 2.46. The van der Waals surface area contributed by atoms with Crippen LogP contribution >= 0.6 is 0 Å². The lowest BCUT2D eigenvalue weighted by Gasteiger charge is -2.41. The number of nitrogens with zero attached hydrogens (tertiary/aromatic N) is 7. The van der Waals surface area contributed by atoms with E-state index in [4.69, 9.17) is 4.74 Å². The summed E-state index contributed by atoms with van der Waals surface area (Å²) in [6.07, 6.45) is 0.683. The van der Waals surface area contributed by atoms with Crippen molar-refractivity contribution < 1.29 is 67.7 Å². The minimum atomic E-state index is -1.61. The summed E-state index contributed by atoms with van der Waals surface area (Å²) < 4.78 is 5.90. The molecule has 11 amide bonds. The average Bonchev–Trinajstić information content (AvgIpc) is 3.31. The van der Waals surface area contributed by atoms with E-state index >= 15 is 9.59 Å². The van der Waals surface area contributed by atoms with Crippen molar-refractivity contribution in [3.63, 3.8) is 0 Å². The Labute approximate surface area is 532 Å². The number of nitrogens with one attached hydrogen (secondary N) is 4. The molecule has 1 rings (SSSR count). The number of amides is 11. The molecule has 12 atom stereocenters. The van der Waals surface area contributed by atoms with E-state index in [1.807, 2.05) is 48.5 Å². The molecule has 0 aromatic heterocycles. The van der Waals surface area contributed by atoms with Crippen LogP contribution in [0.4, 0.5) is 0 Å². The van der Waals surface area contributed by atoms with Gasteiger partial charge in [0, 0.05) is 55.8 Å². The molecule has 1 saturated heterocycles. The van der Waals surface area contributed by atoms with Gasteiger partial charge in [-0.25, -0.2) is 0 Å². The number of hydrogen-bond acceptors (Lipinski definition) is 14. The van der Waals surface area contributed by atoms with Crippen LogP contribution in [0.1, 0.15) is 169 Å². The van der Waals surface area contributed by atoms with Crippen LogP contribution in [0.2, 0.25) is 0 Å². The normalized spacial score (nSPS) is 26.3. The van der Waals surface area contributed by atoms with Gasteiger partial charge in [0.05, 0.1) is 31.5 Å². The van der Waals surface area contributed by atoms with Crippen LogP contribution in [0.3, 0.4) is 0 Å². The zero-order valence-corrected chi connectivity index (χ0v) is 58.5. The molecule has 25 nitrogen and oxygen atoms in total. The van der Waals surface area contributed by atoms with Crippen LogP contribution in [0.5, 0.6) is 0 Å². The molecule has 1 aliphatic rings. The molecule has 0 bridgehead atoms. The lowest BCUT2D eigenvalue weighted by molar-refractivity contribution is -0.157. The summed E-state index contributed by atoms with van der Waals surface area (Å²) in [6, 6.07) is -12.8. The van der Waals surface area contributed by atoms with Crippen molar-refractivity contribution in [2.45, 2.75) is 241 Å². The Morgan fingerprint density at radius 3 is 1.45 bits per heavy atom. The van der Waals surface area contributed by atoms with Crippen LogP contribution in [0, 0.1) is 35.5 Å². The van der Waals surface area contributed by atoms with Crippen molar-refractivity contribution in [3.8, 4) is 0 Å². The number of carbonyl (C=O) groups is 11. The Morgan fingerprint density at radius 1 is 0.517 bits per heavy atom. The lowest BCUT2D eigenvalue weighted by Crippen LogP contribution is -2.63. The topological polar surface area (TPSA) is 308 Å². The zero-order chi connectivity index (χ0) is 69.0. The summed E-state index contributed by atoms with van der Waals surface area (Å²) in [5, 5.41) is 32.8. The molecular weight excluding hydrogens is 1150 g/mol. The summed E-state index contributed by atoms with van der Waals surface area (Å²) in [4.78, 5) is 170. The van der Waals surface area contributed by atoms with Crippen molar-refractivity contribution in [1.82, 2.24) is 55.6 Å². The van der Waals surface area contributed by atoms with Crippen LogP contribution in [-0.2, 0) is 57.5 Å². The number of likely N-dealkylation sites (N-methyl/N-ethyl adjacent to an activating group) is 7. The highest BCUT2D eigenvalue weighted by Crippen LogP contribution is 2.27. The van der Waals surface area contributed by atoms with E-state index < -0.39 is 161 Å². The smallest absolute Gasteiger partial charge is 0.246 e. The van der Waals surface area contributed by atoms with E-state index in [9.17, 15) is 53.4 Å². The van der Waals surface area contributed by atoms with E-state index in [1.165, 1.54) is 82.8 Å². The first-order valence-corrected chi connectivity index (χ1v) is 32.0. The van der Waals surface area contributed by atoms with Crippen molar-refractivity contribution in [2.75, 3.05) is 69.1 Å². The van der Waals surface area contributed by atoms with E-state index in [0.717, 1.165) is 21.1 Å². The number of aliphatic hydroxyl groups is 2. The second kappa shape index (κ2) is 36.8. The third kappa shape index (κ3) is 23.4. The van der Waals surface area contributed by atoms with E-state index in [1.54, 1.807) is 55.4 Å². The van der Waals surface area contributed by atoms with E-state index in [2.05, 4.69) is 21.3 Å². The van der Waals surface area contributed by atoms with Gasteiger partial charge in [-0.15, -0.1) is 0 Å². The molecular formula is C64H117N11O14. The van der Waals surface area contributed by atoms with Gasteiger partial charge in [-0.3, -0.25) is 52.7 Å². The maximum absolute atomic E-state index is 15.2. The molecule has 1 fully saturated rings. The number of rotatable bonds is 19. The van der Waals surface area contributed by atoms with Gasteiger partial charge in [-0.05, 0) is 95.3 Å². The molecule has 25 heteroatoms. The first-order chi connectivity index (χ1) is 41.1. The SMILES string of the molecule is CCCC[C@@H](C)[C@@H](O)[C@H]1C(=O)N[C@@H](CC)C(=O)N(C)CC(=O)N(C)[C@@H](CC(C)(C)OCCO)C(=O)N[C@@H](C(C)C)C(=O)N(C)[C@@H](CC(C)C)C(=O)N[C@@H](C)C(=O)N[C@H](C)C(=O)N(C)[C@@H](CC(C)C)C(=O)N(C)[C@@H](CC(C)C)C(=O)N(C)[C@@H](C(C)C)C(=O)N1C. The van der Waals surface area contributed by atoms with Gasteiger partial charge in [0.1, 0.15) is 60.4 Å². The Bertz CT molecular complexity index is 2390. The van der Waals surface area contributed by atoms with Gasteiger partial charge in [-0.2, -0.15) is 0 Å². The predicted molar refractivity (Wildman–Crippen MR) is 341 cm³/mol. The standard InChI is InChI=1S/C64H117N11O14/c1-25-27-28-41(13)53(78)52-57(82)67-44(26-2)59(84)69(18)35-49(77)70(19)48(34-64(16,17)89-30-29-76)56(81)68-50(39(9)10)62(87)71(20)45(31-36(3)4)55(80)65-42(14)54(79)66-43(15)58(83)72(21)46(32-37(5)6)60(85)73(22)47(33-38(7)8)61(86)74(23)51(40(11)12)63(88)75(52)24/h36-48,50-53,76,78H,25-35H2,1-24H3,(H,65,80)(H,66,79)(H,67,82)(H,68,81)/t41-,42+,43-,44+,45+,46+,47+,48+,50+,51+,52+,53-/m1/s1. The first kappa shape index (κ1) is 81.1. The summed E-state index contributed by atoms with van der Waals surface area (Å²) in [5.41, 5.74) is -1.15.